The molecule has 160 valence electrons. The molecule has 0 bridgehead atoms. The Kier molecular flexibility index (Phi) is 7.43. The number of anilines is 1. The van der Waals surface area contributed by atoms with Crippen molar-refractivity contribution < 1.29 is 19.1 Å². The fourth-order valence-electron chi connectivity index (χ4n) is 2.90. The number of carbonyl (C=O) groups is 3. The number of rotatable bonds is 7. The number of nitrogens with one attached hydrogen (secondary N) is 2. The molecule has 2 aromatic carbocycles. The van der Waals surface area contributed by atoms with E-state index < -0.39 is 0 Å². The SMILES string of the molecule is COc1cccc(/C=C2/SC(=S)N(CCNC(=O)c3cccc(NC(C)=O)c3)C2=O)c1. The minimum Gasteiger partial charge on any atom is -0.497 e. The first-order chi connectivity index (χ1) is 14.9. The van der Waals surface area contributed by atoms with E-state index in [0.29, 0.717) is 26.2 Å². The third-order valence-corrected chi connectivity index (χ3v) is 5.71. The normalized spacial score (nSPS) is 14.6. The molecule has 9 heteroatoms. The van der Waals surface area contributed by atoms with E-state index >= 15 is 0 Å². The Bertz CT molecular complexity index is 1070. The number of ether oxygens (including phenoxy) is 1. The van der Waals surface area contributed by atoms with Crippen molar-refractivity contribution in [3.05, 3.63) is 64.6 Å². The fraction of sp³-hybridized carbons (Fsp3) is 0.182. The summed E-state index contributed by atoms with van der Waals surface area (Å²) in [5.41, 5.74) is 1.79. The first-order valence-corrected chi connectivity index (χ1v) is 10.6. The standard InChI is InChI=1S/C22H21N3O4S2/c1-14(26)24-17-7-4-6-16(13-17)20(27)23-9-10-25-21(28)19(31-22(25)30)12-15-5-3-8-18(11-15)29-2/h3-8,11-13H,9-10H2,1-2H3,(H,23,27)(H,24,26)/b19-12+. The molecule has 0 saturated carbocycles. The third-order valence-electron chi connectivity index (χ3n) is 4.33. The molecule has 0 spiro atoms. The lowest BCUT2D eigenvalue weighted by Gasteiger charge is -2.15. The highest BCUT2D eigenvalue weighted by Crippen LogP contribution is 2.32. The van der Waals surface area contributed by atoms with Crippen LogP contribution in [0.25, 0.3) is 6.08 Å². The topological polar surface area (TPSA) is 87.7 Å². The monoisotopic (exact) mass is 455 g/mol. The summed E-state index contributed by atoms with van der Waals surface area (Å²) < 4.78 is 5.65. The highest BCUT2D eigenvalue weighted by atomic mass is 32.2. The van der Waals surface area contributed by atoms with Gasteiger partial charge >= 0.3 is 0 Å². The minimum absolute atomic E-state index is 0.195. The molecule has 1 aliphatic rings. The average Bonchev–Trinajstić information content (AvgIpc) is 3.00. The van der Waals surface area contributed by atoms with Gasteiger partial charge in [-0.1, -0.05) is 42.2 Å². The maximum atomic E-state index is 12.7. The summed E-state index contributed by atoms with van der Waals surface area (Å²) in [6.45, 7) is 1.90. The van der Waals surface area contributed by atoms with Gasteiger partial charge in [-0.15, -0.1) is 0 Å². The van der Waals surface area contributed by atoms with E-state index in [1.807, 2.05) is 24.3 Å². The van der Waals surface area contributed by atoms with E-state index in [1.54, 1.807) is 37.5 Å². The second kappa shape index (κ2) is 10.2. The van der Waals surface area contributed by atoms with Gasteiger partial charge in [-0.2, -0.15) is 0 Å². The van der Waals surface area contributed by atoms with Gasteiger partial charge in [0.25, 0.3) is 11.8 Å². The number of benzene rings is 2. The number of methoxy groups -OCH3 is 1. The molecule has 0 radical (unpaired) electrons. The zero-order valence-electron chi connectivity index (χ0n) is 17.0. The summed E-state index contributed by atoms with van der Waals surface area (Å²) in [4.78, 5) is 38.3. The van der Waals surface area contributed by atoms with Crippen LogP contribution in [-0.4, -0.2) is 47.1 Å². The Morgan fingerprint density at radius 2 is 1.97 bits per heavy atom. The zero-order chi connectivity index (χ0) is 22.4. The van der Waals surface area contributed by atoms with Gasteiger partial charge in [-0.3, -0.25) is 19.3 Å². The average molecular weight is 456 g/mol. The minimum atomic E-state index is -0.301. The molecule has 31 heavy (non-hydrogen) atoms. The number of nitrogens with zero attached hydrogens (tertiary/aromatic N) is 1. The van der Waals surface area contributed by atoms with Crippen molar-refractivity contribution in [2.45, 2.75) is 6.92 Å². The van der Waals surface area contributed by atoms with Crippen molar-refractivity contribution in [2.24, 2.45) is 0 Å². The van der Waals surface area contributed by atoms with Crippen LogP contribution in [0.15, 0.2) is 53.4 Å². The summed E-state index contributed by atoms with van der Waals surface area (Å²) >= 11 is 6.57. The van der Waals surface area contributed by atoms with Crippen molar-refractivity contribution in [1.82, 2.24) is 10.2 Å². The lowest BCUT2D eigenvalue weighted by atomic mass is 10.2. The number of amides is 3. The molecule has 2 N–H and O–H groups in total. The Hall–Kier alpha value is -3.17. The highest BCUT2D eigenvalue weighted by molar-refractivity contribution is 8.26. The van der Waals surface area contributed by atoms with Crippen LogP contribution in [0.2, 0.25) is 0 Å². The Morgan fingerprint density at radius 3 is 2.71 bits per heavy atom. The number of hydrogen-bond acceptors (Lipinski definition) is 6. The molecule has 0 atom stereocenters. The van der Waals surface area contributed by atoms with E-state index in [0.717, 1.165) is 5.56 Å². The van der Waals surface area contributed by atoms with E-state index in [2.05, 4.69) is 10.6 Å². The van der Waals surface area contributed by atoms with E-state index in [1.165, 1.54) is 23.6 Å². The fourth-order valence-corrected chi connectivity index (χ4v) is 4.21. The van der Waals surface area contributed by atoms with Crippen molar-refractivity contribution in [2.75, 3.05) is 25.5 Å². The van der Waals surface area contributed by atoms with Gasteiger partial charge in [0, 0.05) is 31.3 Å². The zero-order valence-corrected chi connectivity index (χ0v) is 18.6. The van der Waals surface area contributed by atoms with Crippen LogP contribution in [0.1, 0.15) is 22.8 Å². The van der Waals surface area contributed by atoms with Crippen molar-refractivity contribution >= 4 is 57.8 Å². The molecule has 7 nitrogen and oxygen atoms in total. The van der Waals surface area contributed by atoms with Gasteiger partial charge in [-0.05, 0) is 42.0 Å². The van der Waals surface area contributed by atoms with Crippen LogP contribution in [-0.2, 0) is 9.59 Å². The second-order valence-corrected chi connectivity index (χ2v) is 8.30. The van der Waals surface area contributed by atoms with E-state index in [4.69, 9.17) is 17.0 Å². The van der Waals surface area contributed by atoms with Gasteiger partial charge in [0.2, 0.25) is 5.91 Å². The molecule has 3 amide bonds. The predicted octanol–water partition coefficient (Wildman–Crippen LogP) is 3.28. The van der Waals surface area contributed by atoms with Gasteiger partial charge in [0.1, 0.15) is 10.1 Å². The van der Waals surface area contributed by atoms with Gasteiger partial charge in [0.05, 0.1) is 12.0 Å². The summed E-state index contributed by atoms with van der Waals surface area (Å²) in [6.07, 6.45) is 1.77. The molecule has 1 aliphatic heterocycles. The predicted molar refractivity (Wildman–Crippen MR) is 126 cm³/mol. The summed E-state index contributed by atoms with van der Waals surface area (Å²) in [6, 6.07) is 14.0. The molecule has 3 rings (SSSR count). The summed E-state index contributed by atoms with van der Waals surface area (Å²) in [5, 5.41) is 5.42. The second-order valence-electron chi connectivity index (χ2n) is 6.63. The molecule has 1 saturated heterocycles. The van der Waals surface area contributed by atoms with Crippen molar-refractivity contribution in [3.8, 4) is 5.75 Å². The molecule has 1 fully saturated rings. The van der Waals surface area contributed by atoms with Gasteiger partial charge < -0.3 is 15.4 Å². The number of hydrogen-bond donors (Lipinski definition) is 2. The van der Waals surface area contributed by atoms with Crippen molar-refractivity contribution in [3.63, 3.8) is 0 Å². The molecular weight excluding hydrogens is 434 g/mol. The van der Waals surface area contributed by atoms with Crippen LogP contribution in [0.3, 0.4) is 0 Å². The largest absolute Gasteiger partial charge is 0.497 e. The van der Waals surface area contributed by atoms with Crippen LogP contribution in [0, 0.1) is 0 Å². The van der Waals surface area contributed by atoms with Crippen LogP contribution < -0.4 is 15.4 Å². The Labute approximate surface area is 189 Å². The first kappa shape index (κ1) is 22.5. The summed E-state index contributed by atoms with van der Waals surface area (Å²) in [5.74, 6) is -0.00674. The number of thiocarbonyl (C=S) groups is 1. The molecule has 0 aromatic heterocycles. The van der Waals surface area contributed by atoms with Crippen molar-refractivity contribution in [1.29, 1.82) is 0 Å². The number of carbonyl (C=O) groups excluding carboxylic acids is 3. The highest BCUT2D eigenvalue weighted by Gasteiger charge is 2.31. The quantitative estimate of drug-likeness (QED) is 0.492. The molecule has 0 unspecified atom stereocenters. The van der Waals surface area contributed by atoms with Gasteiger partial charge in [-0.25, -0.2) is 0 Å². The summed E-state index contributed by atoms with van der Waals surface area (Å²) in [7, 11) is 1.59. The lowest BCUT2D eigenvalue weighted by Crippen LogP contribution is -2.37. The Balaban J connectivity index is 1.59. The maximum absolute atomic E-state index is 12.7. The first-order valence-electron chi connectivity index (χ1n) is 9.42. The smallest absolute Gasteiger partial charge is 0.266 e. The molecular formula is C22H21N3O4S2. The molecule has 1 heterocycles. The van der Waals surface area contributed by atoms with Crippen LogP contribution in [0.4, 0.5) is 5.69 Å². The Morgan fingerprint density at radius 1 is 1.19 bits per heavy atom. The molecule has 2 aromatic rings. The molecule has 0 aliphatic carbocycles. The third kappa shape index (κ3) is 5.93. The lowest BCUT2D eigenvalue weighted by molar-refractivity contribution is -0.122. The van der Waals surface area contributed by atoms with E-state index in [-0.39, 0.29) is 30.8 Å². The van der Waals surface area contributed by atoms with Gasteiger partial charge in [0.15, 0.2) is 0 Å². The van der Waals surface area contributed by atoms with Crippen LogP contribution >= 0.6 is 24.0 Å². The number of thioether (sulfide) groups is 1. The van der Waals surface area contributed by atoms with Crippen LogP contribution in [0.5, 0.6) is 5.75 Å². The maximum Gasteiger partial charge on any atom is 0.266 e. The van der Waals surface area contributed by atoms with E-state index in [9.17, 15) is 14.4 Å².